The van der Waals surface area contributed by atoms with Gasteiger partial charge in [-0.2, -0.15) is 4.98 Å². The number of aromatic nitrogens is 4. The first kappa shape index (κ1) is 28.8. The lowest BCUT2D eigenvalue weighted by Crippen LogP contribution is -2.26. The third-order valence-corrected chi connectivity index (χ3v) is 6.69. The highest BCUT2D eigenvalue weighted by atomic mass is 16.7. The number of ether oxygens (including phenoxy) is 2. The van der Waals surface area contributed by atoms with Crippen molar-refractivity contribution in [1.29, 1.82) is 0 Å². The summed E-state index contributed by atoms with van der Waals surface area (Å²) in [6.07, 6.45) is 4.07. The second-order valence-corrected chi connectivity index (χ2v) is 11.2. The summed E-state index contributed by atoms with van der Waals surface area (Å²) in [5, 5.41) is 3.35. The molecule has 0 aliphatic heterocycles. The number of hydrogen-bond donors (Lipinski definition) is 1. The van der Waals surface area contributed by atoms with Gasteiger partial charge in [0.1, 0.15) is 22.7 Å². The number of benzene rings is 3. The van der Waals surface area contributed by atoms with Crippen LogP contribution in [0.4, 0.5) is 10.7 Å². The first-order valence-corrected chi connectivity index (χ1v) is 14.4. The summed E-state index contributed by atoms with van der Waals surface area (Å²) in [7, 11) is 0. The van der Waals surface area contributed by atoms with Gasteiger partial charge in [-0.05, 0) is 49.9 Å². The van der Waals surface area contributed by atoms with Gasteiger partial charge in [0.15, 0.2) is 5.65 Å². The van der Waals surface area contributed by atoms with E-state index in [1.54, 1.807) is 12.3 Å². The third kappa shape index (κ3) is 7.32. The van der Waals surface area contributed by atoms with Crippen LogP contribution in [0.5, 0.6) is 5.75 Å². The van der Waals surface area contributed by atoms with Crippen molar-refractivity contribution in [3.63, 3.8) is 0 Å². The van der Waals surface area contributed by atoms with Crippen LogP contribution in [-0.2, 0) is 24.2 Å². The molecule has 0 unspecified atom stereocenters. The molecular formula is C34H37N5O3. The Kier molecular flexibility index (Phi) is 8.81. The average Bonchev–Trinajstić information content (AvgIpc) is 3.31. The number of carbonyl (C=O) groups is 1. The van der Waals surface area contributed by atoms with Crippen molar-refractivity contribution in [3.05, 3.63) is 102 Å². The largest absolute Gasteiger partial charge is 0.514 e. The predicted octanol–water partition coefficient (Wildman–Crippen LogP) is 7.81. The summed E-state index contributed by atoms with van der Waals surface area (Å²) in [5.74, 6) is 2.03. The van der Waals surface area contributed by atoms with Gasteiger partial charge in [-0.3, -0.25) is 0 Å². The van der Waals surface area contributed by atoms with Crippen LogP contribution in [0.1, 0.15) is 57.5 Å². The molecule has 1 N–H and O–H groups in total. The highest BCUT2D eigenvalue weighted by molar-refractivity contribution is 5.75. The predicted molar refractivity (Wildman–Crippen MR) is 166 cm³/mol. The fraction of sp³-hybridized carbons (Fsp3) is 0.294. The molecule has 2 aromatic heterocycles. The normalized spacial score (nSPS) is 11.4. The zero-order valence-corrected chi connectivity index (χ0v) is 24.6. The summed E-state index contributed by atoms with van der Waals surface area (Å²) in [4.78, 5) is 26.6. The van der Waals surface area contributed by atoms with E-state index >= 15 is 0 Å². The number of para-hydroxylation sites is 1. The first-order valence-electron chi connectivity index (χ1n) is 14.4. The Morgan fingerprint density at radius 1 is 0.905 bits per heavy atom. The summed E-state index contributed by atoms with van der Waals surface area (Å²) >= 11 is 0. The van der Waals surface area contributed by atoms with E-state index in [2.05, 4.69) is 46.1 Å². The van der Waals surface area contributed by atoms with Crippen LogP contribution < -0.4 is 10.1 Å². The Bertz CT molecular complexity index is 1640. The van der Waals surface area contributed by atoms with Gasteiger partial charge >= 0.3 is 6.16 Å². The molecule has 0 amide bonds. The van der Waals surface area contributed by atoms with E-state index in [1.807, 2.05) is 69.3 Å². The first-order chi connectivity index (χ1) is 20.3. The van der Waals surface area contributed by atoms with Crippen molar-refractivity contribution in [2.24, 2.45) is 0 Å². The number of nitrogens with zero attached hydrogens (tertiary/aromatic N) is 4. The summed E-state index contributed by atoms with van der Waals surface area (Å²) < 4.78 is 13.1. The molecule has 8 heteroatoms. The van der Waals surface area contributed by atoms with Crippen molar-refractivity contribution < 1.29 is 14.3 Å². The molecule has 0 bridgehead atoms. The second kappa shape index (κ2) is 12.9. The maximum absolute atomic E-state index is 12.3. The van der Waals surface area contributed by atoms with E-state index in [-0.39, 0.29) is 0 Å². The number of nitrogens with one attached hydrogen (secondary N) is 1. The van der Waals surface area contributed by atoms with E-state index < -0.39 is 11.8 Å². The SMILES string of the molecule is CCCCc1nc2cnc(NCc3ccccc3)nc2n1Cc1ccc(-c2ccccc2OC(=O)OC(C)(C)C)cc1. The molecule has 0 radical (unpaired) electrons. The molecule has 42 heavy (non-hydrogen) atoms. The number of carbonyl (C=O) groups excluding carboxylic acids is 1. The highest BCUT2D eigenvalue weighted by Crippen LogP contribution is 2.31. The van der Waals surface area contributed by atoms with E-state index in [9.17, 15) is 4.79 Å². The molecule has 0 aliphatic rings. The number of aryl methyl sites for hydroxylation is 1. The summed E-state index contributed by atoms with van der Waals surface area (Å²) in [6, 6.07) is 25.9. The minimum absolute atomic E-state index is 0.453. The Hall–Kier alpha value is -4.72. The van der Waals surface area contributed by atoms with E-state index in [0.717, 1.165) is 58.5 Å². The van der Waals surface area contributed by atoms with E-state index in [4.69, 9.17) is 19.4 Å². The highest BCUT2D eigenvalue weighted by Gasteiger charge is 2.20. The minimum Gasteiger partial charge on any atom is -0.428 e. The maximum Gasteiger partial charge on any atom is 0.514 e. The van der Waals surface area contributed by atoms with Gasteiger partial charge in [0.05, 0.1) is 12.7 Å². The Labute approximate surface area is 246 Å². The van der Waals surface area contributed by atoms with Gasteiger partial charge in [0.25, 0.3) is 0 Å². The van der Waals surface area contributed by atoms with Crippen molar-refractivity contribution in [2.45, 2.75) is 65.6 Å². The topological polar surface area (TPSA) is 91.2 Å². The van der Waals surface area contributed by atoms with Crippen molar-refractivity contribution in [3.8, 4) is 16.9 Å². The van der Waals surface area contributed by atoms with Crippen LogP contribution >= 0.6 is 0 Å². The molecule has 0 fully saturated rings. The van der Waals surface area contributed by atoms with Gasteiger partial charge < -0.3 is 19.4 Å². The van der Waals surface area contributed by atoms with E-state index in [0.29, 0.717) is 24.8 Å². The smallest absolute Gasteiger partial charge is 0.428 e. The summed E-state index contributed by atoms with van der Waals surface area (Å²) in [6.45, 7) is 8.88. The molecule has 8 nitrogen and oxygen atoms in total. The third-order valence-electron chi connectivity index (χ3n) is 6.69. The van der Waals surface area contributed by atoms with Crippen LogP contribution in [0.15, 0.2) is 85.1 Å². The van der Waals surface area contributed by atoms with Crippen LogP contribution in [-0.4, -0.2) is 31.3 Å². The van der Waals surface area contributed by atoms with Gasteiger partial charge in [0.2, 0.25) is 5.95 Å². The molecule has 0 atom stereocenters. The molecule has 2 heterocycles. The molecule has 0 spiro atoms. The van der Waals surface area contributed by atoms with Gasteiger partial charge in [-0.15, -0.1) is 0 Å². The number of imidazole rings is 1. The van der Waals surface area contributed by atoms with Crippen LogP contribution in [0.25, 0.3) is 22.3 Å². The molecule has 0 saturated carbocycles. The van der Waals surface area contributed by atoms with Crippen molar-refractivity contribution >= 4 is 23.3 Å². The van der Waals surface area contributed by atoms with Crippen molar-refractivity contribution in [2.75, 3.05) is 5.32 Å². The molecule has 0 aliphatic carbocycles. The fourth-order valence-electron chi connectivity index (χ4n) is 4.65. The molecule has 216 valence electrons. The number of anilines is 1. The molecule has 0 saturated heterocycles. The Morgan fingerprint density at radius 3 is 2.38 bits per heavy atom. The Morgan fingerprint density at radius 2 is 1.64 bits per heavy atom. The summed E-state index contributed by atoms with van der Waals surface area (Å²) in [5.41, 5.74) is 4.99. The second-order valence-electron chi connectivity index (χ2n) is 11.2. The fourth-order valence-corrected chi connectivity index (χ4v) is 4.65. The minimum atomic E-state index is -0.724. The van der Waals surface area contributed by atoms with E-state index in [1.165, 1.54) is 0 Å². The molecule has 3 aromatic carbocycles. The van der Waals surface area contributed by atoms with Gasteiger partial charge in [-0.25, -0.2) is 14.8 Å². The zero-order valence-electron chi connectivity index (χ0n) is 24.6. The maximum atomic E-state index is 12.3. The number of hydrogen-bond acceptors (Lipinski definition) is 7. The van der Waals surface area contributed by atoms with Crippen molar-refractivity contribution in [1.82, 2.24) is 19.5 Å². The quantitative estimate of drug-likeness (QED) is 0.137. The van der Waals surface area contributed by atoms with Crippen LogP contribution in [0.3, 0.4) is 0 Å². The number of fused-ring (bicyclic) bond motifs is 1. The average molecular weight is 564 g/mol. The van der Waals surface area contributed by atoms with Crippen LogP contribution in [0, 0.1) is 0 Å². The van der Waals surface area contributed by atoms with Gasteiger partial charge in [0, 0.05) is 18.5 Å². The standard InChI is InChI=1S/C34H37N5O3/c1-5-6-16-30-37-28-22-36-32(35-21-24-12-8-7-9-13-24)38-31(28)39(30)23-25-17-19-26(20-18-25)27-14-10-11-15-29(27)41-33(40)42-34(2,3)4/h7-15,17-20,22H,5-6,16,21,23H2,1-4H3,(H,35,36,38). The lowest BCUT2D eigenvalue weighted by molar-refractivity contribution is 0.0207. The lowest BCUT2D eigenvalue weighted by atomic mass is 10.0. The lowest BCUT2D eigenvalue weighted by Gasteiger charge is -2.19. The van der Waals surface area contributed by atoms with Gasteiger partial charge in [-0.1, -0.05) is 86.1 Å². The Balaban J connectivity index is 1.38. The monoisotopic (exact) mass is 563 g/mol. The molecular weight excluding hydrogens is 526 g/mol. The number of rotatable bonds is 10. The number of unbranched alkanes of at least 4 members (excludes halogenated alkanes) is 1. The molecule has 5 aromatic rings. The zero-order chi connectivity index (χ0) is 29.5. The molecule has 5 rings (SSSR count). The van der Waals surface area contributed by atoms with Crippen LogP contribution in [0.2, 0.25) is 0 Å².